The predicted molar refractivity (Wildman–Crippen MR) is 78.5 cm³/mol. The van der Waals surface area contributed by atoms with Gasteiger partial charge in [0.1, 0.15) is 23.2 Å². The van der Waals surface area contributed by atoms with Gasteiger partial charge in [-0.1, -0.05) is 18.2 Å². The molecule has 3 heteroatoms. The number of hydrogen-bond acceptors (Lipinski definition) is 2. The lowest BCUT2D eigenvalue weighted by Gasteiger charge is -2.07. The van der Waals surface area contributed by atoms with Crippen molar-refractivity contribution >= 4 is 23.3 Å². The highest BCUT2D eigenvalue weighted by molar-refractivity contribution is 5.92. The number of allylic oxidation sites excluding steroid dienone is 2. The Morgan fingerprint density at radius 1 is 1.35 bits per heavy atom. The topological polar surface area (TPSA) is 25.5 Å². The molecule has 0 bridgehead atoms. The molecule has 2 aromatic rings. The zero-order chi connectivity index (χ0) is 13.7. The minimum atomic E-state index is -0.268. The van der Waals surface area contributed by atoms with Gasteiger partial charge in [-0.25, -0.2) is 4.39 Å². The van der Waals surface area contributed by atoms with E-state index in [1.165, 1.54) is 6.07 Å². The molecule has 0 radical (unpaired) electrons. The fourth-order valence-electron chi connectivity index (χ4n) is 2.98. The molecule has 2 aliphatic rings. The molecular formula is C17H14FNO. The number of fused-ring (bicyclic) bond motifs is 3. The van der Waals surface area contributed by atoms with Crippen LogP contribution >= 0.6 is 0 Å². The summed E-state index contributed by atoms with van der Waals surface area (Å²) in [6.07, 6.45) is 9.82. The standard InChI is InChI=1S/C17H14FNO/c1-10-8-14(19-9-10)16-13(18)7-6-12-11-4-2-3-5-15(11)20-17(12)16/h2,4,6-9,14H,3,5H2,1H3. The average molecular weight is 267 g/mol. The van der Waals surface area contributed by atoms with Crippen molar-refractivity contribution in [2.24, 2.45) is 4.99 Å². The van der Waals surface area contributed by atoms with Crippen molar-refractivity contribution in [3.63, 3.8) is 0 Å². The SMILES string of the molecule is CC1=CC(c2c(F)ccc3c4c(oc23)CCC=C4)N=C1. The maximum Gasteiger partial charge on any atom is 0.143 e. The van der Waals surface area contributed by atoms with E-state index in [4.69, 9.17) is 4.42 Å². The van der Waals surface area contributed by atoms with Gasteiger partial charge in [0.15, 0.2) is 0 Å². The van der Waals surface area contributed by atoms with Crippen LogP contribution in [0.15, 0.2) is 39.3 Å². The van der Waals surface area contributed by atoms with Crippen LogP contribution < -0.4 is 0 Å². The highest BCUT2D eigenvalue weighted by Gasteiger charge is 2.24. The summed E-state index contributed by atoms with van der Waals surface area (Å²) in [7, 11) is 0. The maximum absolute atomic E-state index is 14.3. The van der Waals surface area contributed by atoms with Crippen molar-refractivity contribution in [2.75, 3.05) is 0 Å². The Bertz CT molecular complexity index is 795. The largest absolute Gasteiger partial charge is 0.460 e. The molecule has 1 atom stereocenters. The van der Waals surface area contributed by atoms with E-state index in [1.54, 1.807) is 12.3 Å². The average Bonchev–Trinajstić information content (AvgIpc) is 3.02. The van der Waals surface area contributed by atoms with Gasteiger partial charge in [-0.05, 0) is 31.1 Å². The van der Waals surface area contributed by atoms with Crippen molar-refractivity contribution in [1.29, 1.82) is 0 Å². The Hall–Kier alpha value is -2.16. The number of halogens is 1. The van der Waals surface area contributed by atoms with E-state index >= 15 is 0 Å². The summed E-state index contributed by atoms with van der Waals surface area (Å²) in [6.45, 7) is 1.97. The first-order chi connectivity index (χ1) is 9.74. The molecular weight excluding hydrogens is 253 g/mol. The summed E-state index contributed by atoms with van der Waals surface area (Å²) in [5, 5.41) is 0.987. The monoisotopic (exact) mass is 267 g/mol. The van der Waals surface area contributed by atoms with Gasteiger partial charge >= 0.3 is 0 Å². The van der Waals surface area contributed by atoms with Crippen LogP contribution in [0.2, 0.25) is 0 Å². The van der Waals surface area contributed by atoms with Crippen LogP contribution in [0.5, 0.6) is 0 Å². The van der Waals surface area contributed by atoms with Crippen molar-refractivity contribution in [3.05, 3.63) is 52.6 Å². The summed E-state index contributed by atoms with van der Waals surface area (Å²) in [5.41, 5.74) is 3.35. The minimum Gasteiger partial charge on any atom is -0.460 e. The number of nitrogens with zero attached hydrogens (tertiary/aromatic N) is 1. The molecule has 1 aliphatic carbocycles. The highest BCUT2D eigenvalue weighted by atomic mass is 19.1. The number of aryl methyl sites for hydroxylation is 1. The summed E-state index contributed by atoms with van der Waals surface area (Å²) >= 11 is 0. The Morgan fingerprint density at radius 3 is 3.05 bits per heavy atom. The van der Waals surface area contributed by atoms with Gasteiger partial charge in [0, 0.05) is 23.6 Å². The van der Waals surface area contributed by atoms with Crippen LogP contribution in [0.4, 0.5) is 4.39 Å². The molecule has 0 fully saturated rings. The Labute approximate surface area is 116 Å². The number of rotatable bonds is 1. The fourth-order valence-corrected chi connectivity index (χ4v) is 2.98. The second-order valence-corrected chi connectivity index (χ2v) is 5.35. The van der Waals surface area contributed by atoms with Gasteiger partial charge in [-0.2, -0.15) is 0 Å². The molecule has 1 unspecified atom stereocenters. The molecule has 0 spiro atoms. The van der Waals surface area contributed by atoms with E-state index in [1.807, 2.05) is 13.0 Å². The second-order valence-electron chi connectivity index (χ2n) is 5.35. The molecule has 100 valence electrons. The van der Waals surface area contributed by atoms with Gasteiger partial charge in [-0.3, -0.25) is 4.99 Å². The van der Waals surface area contributed by atoms with Gasteiger partial charge in [-0.15, -0.1) is 0 Å². The molecule has 2 nitrogen and oxygen atoms in total. The summed E-state index contributed by atoms with van der Waals surface area (Å²) in [4.78, 5) is 4.37. The maximum atomic E-state index is 14.3. The molecule has 1 aromatic heterocycles. The minimum absolute atomic E-state index is 0.249. The normalized spacial score (nSPS) is 20.5. The van der Waals surface area contributed by atoms with Crippen molar-refractivity contribution in [3.8, 4) is 0 Å². The lowest BCUT2D eigenvalue weighted by atomic mass is 9.99. The molecule has 1 aromatic carbocycles. The van der Waals surface area contributed by atoms with Crippen LogP contribution in [-0.4, -0.2) is 6.21 Å². The Morgan fingerprint density at radius 2 is 2.25 bits per heavy atom. The van der Waals surface area contributed by atoms with Gasteiger partial charge in [0.05, 0.1) is 5.56 Å². The second kappa shape index (κ2) is 4.17. The molecule has 20 heavy (non-hydrogen) atoms. The molecule has 0 saturated carbocycles. The predicted octanol–water partition coefficient (Wildman–Crippen LogP) is 4.60. The summed E-state index contributed by atoms with van der Waals surface area (Å²) in [6, 6.07) is 3.06. The van der Waals surface area contributed by atoms with Crippen LogP contribution in [0.3, 0.4) is 0 Å². The van der Waals surface area contributed by atoms with Crippen LogP contribution in [0.1, 0.15) is 36.3 Å². The summed E-state index contributed by atoms with van der Waals surface area (Å²) in [5.74, 6) is 0.706. The van der Waals surface area contributed by atoms with Crippen molar-refractivity contribution in [2.45, 2.75) is 25.8 Å². The third kappa shape index (κ3) is 1.59. The first kappa shape index (κ1) is 11.6. The van der Waals surface area contributed by atoms with E-state index in [9.17, 15) is 4.39 Å². The first-order valence-electron chi connectivity index (χ1n) is 6.86. The molecule has 2 heterocycles. The quantitative estimate of drug-likeness (QED) is 0.741. The van der Waals surface area contributed by atoms with Crippen LogP contribution in [0.25, 0.3) is 17.0 Å². The third-order valence-corrected chi connectivity index (χ3v) is 3.94. The lowest BCUT2D eigenvalue weighted by molar-refractivity contribution is 0.533. The van der Waals surface area contributed by atoms with E-state index in [0.29, 0.717) is 11.1 Å². The van der Waals surface area contributed by atoms with Gasteiger partial charge < -0.3 is 4.42 Å². The van der Waals surface area contributed by atoms with Crippen LogP contribution in [0, 0.1) is 5.82 Å². The lowest BCUT2D eigenvalue weighted by Crippen LogP contribution is -1.95. The third-order valence-electron chi connectivity index (χ3n) is 3.94. The van der Waals surface area contributed by atoms with E-state index in [0.717, 1.165) is 35.1 Å². The van der Waals surface area contributed by atoms with E-state index in [-0.39, 0.29) is 11.9 Å². The molecule has 0 saturated heterocycles. The Balaban J connectivity index is 2.00. The number of aliphatic imine (C=N–C) groups is 1. The zero-order valence-corrected chi connectivity index (χ0v) is 11.2. The smallest absolute Gasteiger partial charge is 0.143 e. The Kier molecular flexibility index (Phi) is 2.43. The highest BCUT2D eigenvalue weighted by Crippen LogP contribution is 2.38. The molecule has 0 amide bonds. The van der Waals surface area contributed by atoms with E-state index < -0.39 is 0 Å². The van der Waals surface area contributed by atoms with Crippen molar-refractivity contribution in [1.82, 2.24) is 0 Å². The fraction of sp³-hybridized carbons (Fsp3) is 0.235. The number of benzene rings is 1. The number of hydrogen-bond donors (Lipinski definition) is 0. The van der Waals surface area contributed by atoms with E-state index in [2.05, 4.69) is 17.1 Å². The summed E-state index contributed by atoms with van der Waals surface area (Å²) < 4.78 is 20.2. The first-order valence-corrected chi connectivity index (χ1v) is 6.86. The van der Waals surface area contributed by atoms with Crippen LogP contribution in [-0.2, 0) is 6.42 Å². The molecule has 0 N–H and O–H groups in total. The van der Waals surface area contributed by atoms with Gasteiger partial charge in [0.25, 0.3) is 0 Å². The number of furan rings is 1. The molecule has 1 aliphatic heterocycles. The van der Waals surface area contributed by atoms with Crippen molar-refractivity contribution < 1.29 is 8.81 Å². The van der Waals surface area contributed by atoms with Gasteiger partial charge in [0.2, 0.25) is 0 Å². The molecule has 4 rings (SSSR count). The zero-order valence-electron chi connectivity index (χ0n) is 11.2.